The van der Waals surface area contributed by atoms with Crippen molar-refractivity contribution in [1.29, 1.82) is 0 Å². The van der Waals surface area contributed by atoms with Crippen LogP contribution < -0.4 is 5.73 Å². The number of piperidine rings is 1. The summed E-state index contributed by atoms with van der Waals surface area (Å²) in [5.41, 5.74) is 8.19. The van der Waals surface area contributed by atoms with Crippen LogP contribution in [0.2, 0.25) is 0 Å². The molecule has 1 saturated heterocycles. The molecule has 0 bridgehead atoms. The fourth-order valence-corrected chi connectivity index (χ4v) is 3.13. The molecule has 0 aliphatic carbocycles. The van der Waals surface area contributed by atoms with E-state index in [9.17, 15) is 0 Å². The number of hydrogen-bond acceptors (Lipinski definition) is 2. The molecule has 2 rings (SSSR count). The molecule has 0 aromatic heterocycles. The van der Waals surface area contributed by atoms with Gasteiger partial charge in [0.25, 0.3) is 0 Å². The molecular weight excluding hydrogens is 232 g/mol. The van der Waals surface area contributed by atoms with E-state index in [1.165, 1.54) is 24.9 Å². The van der Waals surface area contributed by atoms with Gasteiger partial charge in [0.2, 0.25) is 0 Å². The highest BCUT2D eigenvalue weighted by molar-refractivity contribution is 5.41. The zero-order chi connectivity index (χ0) is 14.0. The van der Waals surface area contributed by atoms with Gasteiger partial charge >= 0.3 is 0 Å². The van der Waals surface area contributed by atoms with Crippen molar-refractivity contribution in [1.82, 2.24) is 4.90 Å². The molecule has 106 valence electrons. The number of nitrogens with two attached hydrogens (primary N) is 1. The van der Waals surface area contributed by atoms with Gasteiger partial charge in [0.05, 0.1) is 0 Å². The van der Waals surface area contributed by atoms with Gasteiger partial charge in [0.15, 0.2) is 0 Å². The topological polar surface area (TPSA) is 29.3 Å². The van der Waals surface area contributed by atoms with Gasteiger partial charge in [-0.1, -0.05) is 32.9 Å². The number of anilines is 1. The third-order valence-corrected chi connectivity index (χ3v) is 4.54. The van der Waals surface area contributed by atoms with Gasteiger partial charge in [-0.25, -0.2) is 0 Å². The molecule has 1 aliphatic heterocycles. The number of hydrogen-bond donors (Lipinski definition) is 1. The normalized spacial score (nSPS) is 25.5. The van der Waals surface area contributed by atoms with Crippen molar-refractivity contribution in [3.8, 4) is 0 Å². The minimum atomic E-state index is 0.180. The highest BCUT2D eigenvalue weighted by atomic mass is 15.2. The molecule has 19 heavy (non-hydrogen) atoms. The summed E-state index contributed by atoms with van der Waals surface area (Å²) in [5, 5.41) is 0. The summed E-state index contributed by atoms with van der Waals surface area (Å²) >= 11 is 0. The van der Waals surface area contributed by atoms with Crippen molar-refractivity contribution in [3.63, 3.8) is 0 Å². The number of likely N-dealkylation sites (tertiary alicyclic amines) is 1. The monoisotopic (exact) mass is 260 g/mol. The third-order valence-electron chi connectivity index (χ3n) is 4.54. The van der Waals surface area contributed by atoms with Crippen molar-refractivity contribution >= 4 is 5.69 Å². The molecule has 2 heteroatoms. The minimum absolute atomic E-state index is 0.180. The maximum atomic E-state index is 5.78. The van der Waals surface area contributed by atoms with Crippen LogP contribution in [-0.4, -0.2) is 24.0 Å². The summed E-state index contributed by atoms with van der Waals surface area (Å²) in [7, 11) is 0. The fraction of sp³-hybridized carbons (Fsp3) is 0.647. The second-order valence-corrected chi connectivity index (χ2v) is 6.97. The van der Waals surface area contributed by atoms with Crippen molar-refractivity contribution in [2.75, 3.05) is 18.8 Å². The highest BCUT2D eigenvalue weighted by Crippen LogP contribution is 2.29. The number of rotatable bonds is 3. The van der Waals surface area contributed by atoms with Crippen LogP contribution in [0, 0.1) is 5.92 Å². The lowest BCUT2D eigenvalue weighted by Crippen LogP contribution is -2.46. The molecular formula is C17H28N2. The van der Waals surface area contributed by atoms with E-state index in [0.29, 0.717) is 6.04 Å². The van der Waals surface area contributed by atoms with Crippen molar-refractivity contribution in [2.45, 2.75) is 52.0 Å². The van der Waals surface area contributed by atoms with Crippen LogP contribution >= 0.6 is 0 Å². The van der Waals surface area contributed by atoms with Crippen molar-refractivity contribution in [3.05, 3.63) is 29.8 Å². The van der Waals surface area contributed by atoms with Gasteiger partial charge in [-0.15, -0.1) is 0 Å². The summed E-state index contributed by atoms with van der Waals surface area (Å²) in [6.45, 7) is 11.8. The molecule has 0 radical (unpaired) electrons. The van der Waals surface area contributed by atoms with Crippen LogP contribution in [0.25, 0.3) is 0 Å². The van der Waals surface area contributed by atoms with E-state index in [-0.39, 0.29) is 5.41 Å². The Morgan fingerprint density at radius 2 is 1.79 bits per heavy atom. The average Bonchev–Trinajstić information content (AvgIpc) is 2.34. The Morgan fingerprint density at radius 1 is 1.16 bits per heavy atom. The van der Waals surface area contributed by atoms with Gasteiger partial charge < -0.3 is 5.73 Å². The molecule has 2 unspecified atom stereocenters. The van der Waals surface area contributed by atoms with Crippen LogP contribution in [0.15, 0.2) is 24.3 Å². The predicted octanol–water partition coefficient (Wildman–Crippen LogP) is 3.67. The van der Waals surface area contributed by atoms with Gasteiger partial charge in [-0.05, 0) is 43.4 Å². The first-order chi connectivity index (χ1) is 8.88. The molecule has 1 fully saturated rings. The number of nitrogen functional groups attached to an aromatic ring is 1. The molecule has 2 N–H and O–H groups in total. The largest absolute Gasteiger partial charge is 0.399 e. The van der Waals surface area contributed by atoms with Gasteiger partial charge in [-0.3, -0.25) is 4.90 Å². The van der Waals surface area contributed by atoms with Gasteiger partial charge in [0, 0.05) is 30.2 Å². The summed E-state index contributed by atoms with van der Waals surface area (Å²) < 4.78 is 0. The second kappa shape index (κ2) is 5.54. The van der Waals surface area contributed by atoms with E-state index in [4.69, 9.17) is 5.73 Å². The van der Waals surface area contributed by atoms with Gasteiger partial charge in [0.1, 0.15) is 0 Å². The molecule has 1 aromatic rings. The molecule has 1 aromatic carbocycles. The third kappa shape index (κ3) is 3.50. The van der Waals surface area contributed by atoms with Crippen molar-refractivity contribution in [2.24, 2.45) is 5.92 Å². The van der Waals surface area contributed by atoms with E-state index >= 15 is 0 Å². The average molecular weight is 260 g/mol. The van der Waals surface area contributed by atoms with Crippen LogP contribution in [0.4, 0.5) is 5.69 Å². The molecule has 2 atom stereocenters. The first-order valence-electron chi connectivity index (χ1n) is 7.48. The van der Waals surface area contributed by atoms with Crippen LogP contribution in [-0.2, 0) is 5.41 Å². The molecule has 0 amide bonds. The summed E-state index contributed by atoms with van der Waals surface area (Å²) in [4.78, 5) is 2.66. The number of nitrogens with zero attached hydrogens (tertiary/aromatic N) is 1. The Labute approximate surface area is 118 Å². The zero-order valence-corrected chi connectivity index (χ0v) is 12.8. The summed E-state index contributed by atoms with van der Waals surface area (Å²) in [5.74, 6) is 0.832. The van der Waals surface area contributed by atoms with Crippen LogP contribution in [0.1, 0.15) is 46.1 Å². The lowest BCUT2D eigenvalue weighted by molar-refractivity contribution is 0.102. The molecule has 0 saturated carbocycles. The molecule has 1 aliphatic rings. The standard InChI is InChI=1S/C17H28N2/c1-13-5-6-14(2)19(11-13)12-17(3,4)15-7-9-16(18)10-8-15/h7-10,13-14H,5-6,11-12,18H2,1-4H3. The number of benzene rings is 1. The van der Waals surface area contributed by atoms with Crippen molar-refractivity contribution < 1.29 is 0 Å². The maximum Gasteiger partial charge on any atom is 0.0314 e. The van der Waals surface area contributed by atoms with Crippen LogP contribution in [0.3, 0.4) is 0 Å². The fourth-order valence-electron chi connectivity index (χ4n) is 3.13. The Morgan fingerprint density at radius 3 is 2.42 bits per heavy atom. The molecule has 1 heterocycles. The Hall–Kier alpha value is -1.02. The van der Waals surface area contributed by atoms with E-state index < -0.39 is 0 Å². The Kier molecular flexibility index (Phi) is 4.19. The first kappa shape index (κ1) is 14.4. The predicted molar refractivity (Wildman–Crippen MR) is 83.3 cm³/mol. The zero-order valence-electron chi connectivity index (χ0n) is 12.8. The van der Waals surface area contributed by atoms with Gasteiger partial charge in [-0.2, -0.15) is 0 Å². The van der Waals surface area contributed by atoms with E-state index in [0.717, 1.165) is 18.2 Å². The maximum absolute atomic E-state index is 5.78. The molecule has 2 nitrogen and oxygen atoms in total. The summed E-state index contributed by atoms with van der Waals surface area (Å²) in [6, 6.07) is 9.09. The second-order valence-electron chi connectivity index (χ2n) is 6.97. The van der Waals surface area contributed by atoms with E-state index in [1.54, 1.807) is 0 Å². The Balaban J connectivity index is 2.09. The quantitative estimate of drug-likeness (QED) is 0.840. The SMILES string of the molecule is CC1CCC(C)N(CC(C)(C)c2ccc(N)cc2)C1. The first-order valence-corrected chi connectivity index (χ1v) is 7.48. The van der Waals surface area contributed by atoms with E-state index in [1.807, 2.05) is 12.1 Å². The van der Waals surface area contributed by atoms with E-state index in [2.05, 4.69) is 44.7 Å². The lowest BCUT2D eigenvalue weighted by atomic mass is 9.82. The van der Waals surface area contributed by atoms with Crippen LogP contribution in [0.5, 0.6) is 0 Å². The Bertz CT molecular complexity index is 408. The minimum Gasteiger partial charge on any atom is -0.399 e. The molecule has 0 spiro atoms. The highest BCUT2D eigenvalue weighted by Gasteiger charge is 2.29. The lowest BCUT2D eigenvalue weighted by Gasteiger charge is -2.41. The summed E-state index contributed by atoms with van der Waals surface area (Å²) in [6.07, 6.45) is 2.71. The smallest absolute Gasteiger partial charge is 0.0314 e.